The predicted octanol–water partition coefficient (Wildman–Crippen LogP) is 3.17. The molecule has 0 bridgehead atoms. The summed E-state index contributed by atoms with van der Waals surface area (Å²) in [4.78, 5) is 11.3. The summed E-state index contributed by atoms with van der Waals surface area (Å²) >= 11 is 0. The quantitative estimate of drug-likeness (QED) is 0.615. The Balaban J connectivity index is 1.49. The number of benzene rings is 1. The molecular weight excluding hydrogens is 362 g/mol. The van der Waals surface area contributed by atoms with Crippen LogP contribution in [0.15, 0.2) is 35.3 Å². The van der Waals surface area contributed by atoms with Crippen LogP contribution in [0.25, 0.3) is 10.9 Å². The Kier molecular flexibility index (Phi) is 5.38. The highest BCUT2D eigenvalue weighted by Crippen LogP contribution is 2.51. The average Bonchev–Trinajstić information content (AvgIpc) is 2.73. The topological polar surface area (TPSA) is 61.8 Å². The maximum Gasteiger partial charge on any atom is 0.191 e. The lowest BCUT2D eigenvalue weighted by Gasteiger charge is -2.60. The van der Waals surface area contributed by atoms with Crippen molar-refractivity contribution in [2.75, 3.05) is 32.6 Å². The van der Waals surface area contributed by atoms with Gasteiger partial charge in [0.05, 0.1) is 11.6 Å². The van der Waals surface area contributed by atoms with Gasteiger partial charge in [-0.1, -0.05) is 32.0 Å². The molecule has 0 radical (unpaired) electrons. The van der Waals surface area contributed by atoms with Crippen LogP contribution in [0.4, 0.5) is 5.82 Å². The smallest absolute Gasteiger partial charge is 0.191 e. The van der Waals surface area contributed by atoms with Gasteiger partial charge in [0.2, 0.25) is 0 Å². The first-order chi connectivity index (χ1) is 13.9. The fourth-order valence-corrected chi connectivity index (χ4v) is 4.94. The van der Waals surface area contributed by atoms with Crippen LogP contribution >= 0.6 is 0 Å². The number of anilines is 1. The summed E-state index contributed by atoms with van der Waals surface area (Å²) in [6.45, 7) is 6.18. The van der Waals surface area contributed by atoms with E-state index in [1.165, 1.54) is 17.4 Å². The molecule has 2 heterocycles. The number of ether oxygens (including phenoxy) is 1. The number of para-hydroxylation sites is 1. The second-order valence-corrected chi connectivity index (χ2v) is 9.02. The van der Waals surface area contributed by atoms with Gasteiger partial charge in [-0.05, 0) is 30.5 Å². The van der Waals surface area contributed by atoms with Gasteiger partial charge in [-0.3, -0.25) is 4.99 Å². The molecule has 1 aromatic carbocycles. The predicted molar refractivity (Wildman–Crippen MR) is 119 cm³/mol. The molecule has 4 rings (SSSR count). The third kappa shape index (κ3) is 3.66. The van der Waals surface area contributed by atoms with Crippen LogP contribution < -0.4 is 15.5 Å². The lowest BCUT2D eigenvalue weighted by molar-refractivity contribution is -0.188. The zero-order valence-electron chi connectivity index (χ0n) is 18.2. The van der Waals surface area contributed by atoms with Crippen molar-refractivity contribution in [2.45, 2.75) is 45.4 Å². The zero-order chi connectivity index (χ0) is 20.6. The van der Waals surface area contributed by atoms with Crippen LogP contribution in [-0.4, -0.2) is 50.8 Å². The minimum absolute atomic E-state index is 0.115. The Morgan fingerprint density at radius 3 is 2.86 bits per heavy atom. The summed E-state index contributed by atoms with van der Waals surface area (Å²) < 4.78 is 6.04. The summed E-state index contributed by atoms with van der Waals surface area (Å²) in [5.74, 6) is 2.38. The maximum absolute atomic E-state index is 6.04. The molecule has 29 heavy (non-hydrogen) atoms. The number of hydrogen-bond acceptors (Lipinski definition) is 4. The summed E-state index contributed by atoms with van der Waals surface area (Å²) in [5.41, 5.74) is 2.35. The highest BCUT2D eigenvalue weighted by Gasteiger charge is 2.58. The van der Waals surface area contributed by atoms with Gasteiger partial charge in [-0.2, -0.15) is 0 Å². The third-order valence-corrected chi connectivity index (χ3v) is 6.54. The molecule has 2 N–H and O–H groups in total. The van der Waals surface area contributed by atoms with E-state index in [1.54, 1.807) is 0 Å². The van der Waals surface area contributed by atoms with Crippen molar-refractivity contribution in [3.63, 3.8) is 0 Å². The SMILES string of the molecule is CN=C(NCc1cc(N(C)C)nc2ccccc12)NC1C2CCCOC2C1(C)C. The fraction of sp³-hybridized carbons (Fsp3) is 0.565. The van der Waals surface area contributed by atoms with Crippen molar-refractivity contribution >= 4 is 22.7 Å². The Morgan fingerprint density at radius 2 is 2.10 bits per heavy atom. The molecule has 2 aliphatic rings. The Hall–Kier alpha value is -2.34. The van der Waals surface area contributed by atoms with Crippen molar-refractivity contribution in [1.29, 1.82) is 0 Å². The summed E-state index contributed by atoms with van der Waals surface area (Å²) in [5, 5.41) is 8.38. The van der Waals surface area contributed by atoms with Crippen molar-refractivity contribution in [2.24, 2.45) is 16.3 Å². The van der Waals surface area contributed by atoms with Crippen molar-refractivity contribution < 1.29 is 4.74 Å². The van der Waals surface area contributed by atoms with Crippen molar-refractivity contribution in [3.05, 3.63) is 35.9 Å². The Morgan fingerprint density at radius 1 is 1.31 bits per heavy atom. The van der Waals surface area contributed by atoms with E-state index in [-0.39, 0.29) is 5.41 Å². The number of pyridine rings is 1. The van der Waals surface area contributed by atoms with E-state index in [9.17, 15) is 0 Å². The van der Waals surface area contributed by atoms with E-state index in [4.69, 9.17) is 9.72 Å². The Bertz CT molecular complexity index is 907. The van der Waals surface area contributed by atoms with Gasteiger partial charge in [0.15, 0.2) is 5.96 Å². The van der Waals surface area contributed by atoms with E-state index in [0.717, 1.165) is 30.3 Å². The van der Waals surface area contributed by atoms with Gasteiger partial charge < -0.3 is 20.3 Å². The first-order valence-corrected chi connectivity index (χ1v) is 10.6. The molecule has 1 aliphatic carbocycles. The third-order valence-electron chi connectivity index (χ3n) is 6.54. The highest BCUT2D eigenvalue weighted by atomic mass is 16.5. The van der Waals surface area contributed by atoms with E-state index in [0.29, 0.717) is 24.6 Å². The summed E-state index contributed by atoms with van der Waals surface area (Å²) in [6, 6.07) is 10.8. The van der Waals surface area contributed by atoms with Gasteiger partial charge >= 0.3 is 0 Å². The molecule has 2 aromatic rings. The number of aromatic nitrogens is 1. The number of guanidine groups is 1. The van der Waals surface area contributed by atoms with Crippen LogP contribution in [0.3, 0.4) is 0 Å². The molecule has 156 valence electrons. The molecule has 1 aliphatic heterocycles. The van der Waals surface area contributed by atoms with Gasteiger partial charge in [0.25, 0.3) is 0 Å². The number of hydrogen-bond donors (Lipinski definition) is 2. The average molecular weight is 396 g/mol. The van der Waals surface area contributed by atoms with Crippen LogP contribution in [0.2, 0.25) is 0 Å². The molecule has 0 spiro atoms. The van der Waals surface area contributed by atoms with Gasteiger partial charge in [-0.15, -0.1) is 0 Å². The molecule has 0 amide bonds. The van der Waals surface area contributed by atoms with Crippen molar-refractivity contribution in [1.82, 2.24) is 15.6 Å². The van der Waals surface area contributed by atoms with E-state index in [2.05, 4.69) is 53.7 Å². The van der Waals surface area contributed by atoms with E-state index >= 15 is 0 Å². The van der Waals surface area contributed by atoms with E-state index < -0.39 is 0 Å². The first-order valence-electron chi connectivity index (χ1n) is 10.6. The maximum atomic E-state index is 6.04. The van der Waals surface area contributed by atoms with Crippen LogP contribution in [0.5, 0.6) is 0 Å². The monoisotopic (exact) mass is 395 g/mol. The molecule has 1 saturated heterocycles. The number of nitrogens with zero attached hydrogens (tertiary/aromatic N) is 3. The molecule has 2 fully saturated rings. The van der Waals surface area contributed by atoms with Gasteiger partial charge in [0, 0.05) is 57.1 Å². The largest absolute Gasteiger partial charge is 0.377 e. The molecule has 3 atom stereocenters. The normalized spacial score (nSPS) is 25.8. The van der Waals surface area contributed by atoms with Crippen LogP contribution in [0, 0.1) is 11.3 Å². The second-order valence-electron chi connectivity index (χ2n) is 9.02. The minimum Gasteiger partial charge on any atom is -0.377 e. The molecule has 3 unspecified atom stereocenters. The lowest BCUT2D eigenvalue weighted by atomic mass is 9.55. The number of fused-ring (bicyclic) bond motifs is 2. The summed E-state index contributed by atoms with van der Waals surface area (Å²) in [6.07, 6.45) is 2.74. The first kappa shape index (κ1) is 20.0. The number of rotatable bonds is 4. The number of aliphatic imine (C=N–C) groups is 1. The Labute approximate surface area is 173 Å². The molecule has 1 saturated carbocycles. The van der Waals surface area contributed by atoms with Crippen molar-refractivity contribution in [3.8, 4) is 0 Å². The molecule has 6 heteroatoms. The second kappa shape index (κ2) is 7.82. The fourth-order valence-electron chi connectivity index (χ4n) is 4.94. The molecule has 6 nitrogen and oxygen atoms in total. The standard InChI is InChI=1S/C23H33N5O/c1-23(2)20(17-10-8-12-29-21(17)23)27-22(24-3)25-14-15-13-19(28(4)5)26-18-11-7-6-9-16(15)18/h6-7,9,11,13,17,20-21H,8,10,12,14H2,1-5H3,(H2,24,25,27). The van der Waals surface area contributed by atoms with E-state index in [1.807, 2.05) is 32.1 Å². The van der Waals surface area contributed by atoms with Gasteiger partial charge in [-0.25, -0.2) is 4.98 Å². The van der Waals surface area contributed by atoms with Crippen LogP contribution in [-0.2, 0) is 11.3 Å². The van der Waals surface area contributed by atoms with Crippen LogP contribution in [0.1, 0.15) is 32.3 Å². The highest BCUT2D eigenvalue weighted by molar-refractivity contribution is 5.85. The summed E-state index contributed by atoms with van der Waals surface area (Å²) in [7, 11) is 5.89. The number of nitrogens with one attached hydrogen (secondary N) is 2. The zero-order valence-corrected chi connectivity index (χ0v) is 18.2. The lowest BCUT2D eigenvalue weighted by Crippen LogP contribution is -2.71. The minimum atomic E-state index is 0.115. The molecule has 1 aromatic heterocycles. The molecular formula is C23H33N5O. The van der Waals surface area contributed by atoms with Gasteiger partial charge in [0.1, 0.15) is 5.82 Å².